The van der Waals surface area contributed by atoms with Crippen molar-refractivity contribution < 1.29 is 14.3 Å². The molecule has 1 fully saturated rings. The largest absolute Gasteiger partial charge is 0.496 e. The number of amides is 1. The van der Waals surface area contributed by atoms with Gasteiger partial charge in [0, 0.05) is 32.7 Å². The molecule has 1 amide bonds. The average Bonchev–Trinajstić information content (AvgIpc) is 3.47. The highest BCUT2D eigenvalue weighted by molar-refractivity contribution is 14.0. The molecule has 1 aromatic rings. The fourth-order valence-electron chi connectivity index (χ4n) is 2.91. The van der Waals surface area contributed by atoms with E-state index in [0.717, 1.165) is 30.1 Å². The predicted octanol–water partition coefficient (Wildman–Crippen LogP) is 2.85. The maximum absolute atomic E-state index is 11.7. The maximum Gasteiger partial charge on any atom is 0.407 e. The summed E-state index contributed by atoms with van der Waals surface area (Å²) in [5, 5.41) is 6.31. The number of carbonyl (C=O) groups is 1. The molecule has 1 saturated carbocycles. The number of nitrogens with one attached hydrogen (secondary N) is 2. The van der Waals surface area contributed by atoms with Crippen molar-refractivity contribution in [2.45, 2.75) is 32.4 Å². The van der Waals surface area contributed by atoms with Crippen molar-refractivity contribution in [1.82, 2.24) is 15.5 Å². The number of nitrogens with zero attached hydrogens (tertiary/aromatic N) is 2. The third-order valence-electron chi connectivity index (χ3n) is 4.42. The number of hydrogen-bond donors (Lipinski definition) is 2. The molecule has 0 aliphatic heterocycles. The Kier molecular flexibility index (Phi) is 10.3. The normalized spacial score (nSPS) is 14.6. The van der Waals surface area contributed by atoms with Crippen LogP contribution in [0.4, 0.5) is 4.79 Å². The predicted molar refractivity (Wildman–Crippen MR) is 118 cm³/mol. The number of benzene rings is 1. The van der Waals surface area contributed by atoms with Gasteiger partial charge in [0.25, 0.3) is 0 Å². The fourth-order valence-corrected chi connectivity index (χ4v) is 2.91. The quantitative estimate of drug-likeness (QED) is 0.333. The maximum atomic E-state index is 11.7. The van der Waals surface area contributed by atoms with E-state index in [-0.39, 0.29) is 36.1 Å². The van der Waals surface area contributed by atoms with E-state index in [0.29, 0.717) is 25.6 Å². The van der Waals surface area contributed by atoms with Crippen LogP contribution in [0, 0.1) is 5.92 Å². The van der Waals surface area contributed by atoms with E-state index in [4.69, 9.17) is 9.47 Å². The molecular weight excluding hydrogens is 459 g/mol. The van der Waals surface area contributed by atoms with Gasteiger partial charge in [-0.15, -0.1) is 24.0 Å². The highest BCUT2D eigenvalue weighted by Crippen LogP contribution is 2.32. The van der Waals surface area contributed by atoms with Gasteiger partial charge in [-0.3, -0.25) is 4.99 Å². The van der Waals surface area contributed by atoms with Crippen molar-refractivity contribution in [3.05, 3.63) is 29.8 Å². The Hall–Kier alpha value is -1.71. The zero-order valence-corrected chi connectivity index (χ0v) is 18.9. The molecule has 2 N–H and O–H groups in total. The number of carbonyl (C=O) groups excluding carboxylic acids is 1. The minimum absolute atomic E-state index is 0. The highest BCUT2D eigenvalue weighted by Gasteiger charge is 2.32. The van der Waals surface area contributed by atoms with Crippen molar-refractivity contribution in [3.8, 4) is 5.75 Å². The van der Waals surface area contributed by atoms with Crippen molar-refractivity contribution in [1.29, 1.82) is 0 Å². The lowest BCUT2D eigenvalue weighted by molar-refractivity contribution is 0.146. The zero-order chi connectivity index (χ0) is 18.9. The van der Waals surface area contributed by atoms with E-state index in [1.807, 2.05) is 36.2 Å². The van der Waals surface area contributed by atoms with Crippen LogP contribution in [-0.4, -0.2) is 57.4 Å². The van der Waals surface area contributed by atoms with Crippen LogP contribution in [0.3, 0.4) is 0 Å². The molecule has 0 saturated heterocycles. The summed E-state index contributed by atoms with van der Waals surface area (Å²) >= 11 is 0. The lowest BCUT2D eigenvalue weighted by Crippen LogP contribution is -2.48. The van der Waals surface area contributed by atoms with Crippen molar-refractivity contribution in [2.24, 2.45) is 10.9 Å². The summed E-state index contributed by atoms with van der Waals surface area (Å²) in [6, 6.07) is 7.99. The Bertz CT molecular complexity index is 623. The second-order valence-corrected chi connectivity index (χ2v) is 6.40. The van der Waals surface area contributed by atoms with Gasteiger partial charge in [-0.2, -0.15) is 0 Å². The molecule has 1 aliphatic rings. The molecule has 0 radical (unpaired) electrons. The van der Waals surface area contributed by atoms with E-state index >= 15 is 0 Å². The van der Waals surface area contributed by atoms with E-state index in [2.05, 4.69) is 15.6 Å². The molecule has 152 valence electrons. The third kappa shape index (κ3) is 7.43. The molecule has 7 nitrogen and oxygen atoms in total. The molecular formula is C19H31IN4O3. The second-order valence-electron chi connectivity index (χ2n) is 6.40. The van der Waals surface area contributed by atoms with Gasteiger partial charge in [0.2, 0.25) is 0 Å². The molecule has 1 unspecified atom stereocenters. The van der Waals surface area contributed by atoms with Gasteiger partial charge in [0.15, 0.2) is 5.96 Å². The van der Waals surface area contributed by atoms with Gasteiger partial charge < -0.3 is 25.0 Å². The first-order valence-corrected chi connectivity index (χ1v) is 9.06. The highest BCUT2D eigenvalue weighted by atomic mass is 127. The number of aliphatic imine (C=N–C) groups is 1. The monoisotopic (exact) mass is 490 g/mol. The molecule has 2 rings (SSSR count). The summed E-state index contributed by atoms with van der Waals surface area (Å²) in [5.74, 6) is 2.13. The van der Waals surface area contributed by atoms with Crippen molar-refractivity contribution in [2.75, 3.05) is 34.4 Å². The number of para-hydroxylation sites is 1. The summed E-state index contributed by atoms with van der Waals surface area (Å²) < 4.78 is 10.4. The minimum atomic E-state index is -0.358. The molecule has 1 atom stereocenters. The Balaban J connectivity index is 0.00000364. The lowest BCUT2D eigenvalue weighted by atomic mass is 10.2. The Morgan fingerprint density at radius 1 is 1.37 bits per heavy atom. The minimum Gasteiger partial charge on any atom is -0.496 e. The first kappa shape index (κ1) is 23.3. The zero-order valence-electron chi connectivity index (χ0n) is 16.5. The van der Waals surface area contributed by atoms with Crippen LogP contribution in [0.15, 0.2) is 29.3 Å². The Morgan fingerprint density at radius 3 is 2.67 bits per heavy atom. The SMILES string of the molecule is CCOC(=O)NC(CNC(=NC)N(C)Cc1ccccc1OC)C1CC1.I. The standard InChI is InChI=1S/C19H30N4O3.HI/c1-5-26-19(24)22-16(14-10-11-14)12-21-18(20-2)23(3)13-15-8-6-7-9-17(15)25-4;/h6-9,14,16H,5,10-13H2,1-4H3,(H,20,21)(H,22,24);1H. The smallest absolute Gasteiger partial charge is 0.407 e. The van der Waals surface area contributed by atoms with Crippen LogP contribution in [0.2, 0.25) is 0 Å². The van der Waals surface area contributed by atoms with Crippen LogP contribution in [0.5, 0.6) is 5.75 Å². The number of alkyl carbamates (subject to hydrolysis) is 1. The van der Waals surface area contributed by atoms with Crippen molar-refractivity contribution >= 4 is 36.0 Å². The van der Waals surface area contributed by atoms with E-state index in [1.165, 1.54) is 0 Å². The van der Waals surface area contributed by atoms with E-state index in [1.54, 1.807) is 21.1 Å². The van der Waals surface area contributed by atoms with Gasteiger partial charge in [-0.25, -0.2) is 4.79 Å². The van der Waals surface area contributed by atoms with Crippen LogP contribution in [0.1, 0.15) is 25.3 Å². The van der Waals surface area contributed by atoms with Gasteiger partial charge >= 0.3 is 6.09 Å². The Labute approximate surface area is 178 Å². The Morgan fingerprint density at radius 2 is 2.07 bits per heavy atom. The molecule has 1 aromatic carbocycles. The number of halogens is 1. The van der Waals surface area contributed by atoms with Crippen LogP contribution < -0.4 is 15.4 Å². The van der Waals surface area contributed by atoms with Crippen LogP contribution in [-0.2, 0) is 11.3 Å². The molecule has 8 heteroatoms. The molecule has 0 spiro atoms. The third-order valence-corrected chi connectivity index (χ3v) is 4.42. The van der Waals surface area contributed by atoms with Crippen molar-refractivity contribution in [3.63, 3.8) is 0 Å². The molecule has 0 bridgehead atoms. The summed E-state index contributed by atoms with van der Waals surface area (Å²) in [5.41, 5.74) is 1.09. The first-order chi connectivity index (χ1) is 12.6. The summed E-state index contributed by atoms with van der Waals surface area (Å²) in [6.07, 6.45) is 1.91. The molecule has 0 aromatic heterocycles. The first-order valence-electron chi connectivity index (χ1n) is 9.06. The number of rotatable bonds is 8. The summed E-state index contributed by atoms with van der Waals surface area (Å²) in [7, 11) is 5.41. The number of guanidine groups is 1. The number of hydrogen-bond acceptors (Lipinski definition) is 4. The van der Waals surface area contributed by atoms with Gasteiger partial charge in [0.05, 0.1) is 19.8 Å². The van der Waals surface area contributed by atoms with Crippen LogP contribution in [0.25, 0.3) is 0 Å². The van der Waals surface area contributed by atoms with Gasteiger partial charge in [0.1, 0.15) is 5.75 Å². The van der Waals surface area contributed by atoms with Gasteiger partial charge in [-0.1, -0.05) is 18.2 Å². The number of ether oxygens (including phenoxy) is 2. The summed E-state index contributed by atoms with van der Waals surface area (Å²) in [6.45, 7) is 3.47. The molecule has 0 heterocycles. The average molecular weight is 490 g/mol. The van der Waals surface area contributed by atoms with E-state index in [9.17, 15) is 4.79 Å². The van der Waals surface area contributed by atoms with E-state index < -0.39 is 0 Å². The number of methoxy groups -OCH3 is 1. The lowest BCUT2D eigenvalue weighted by Gasteiger charge is -2.25. The second kappa shape index (κ2) is 11.9. The molecule has 1 aliphatic carbocycles. The summed E-state index contributed by atoms with van der Waals surface area (Å²) in [4.78, 5) is 18.1. The topological polar surface area (TPSA) is 75.2 Å². The van der Waals surface area contributed by atoms with Gasteiger partial charge in [-0.05, 0) is 31.7 Å². The fraction of sp³-hybridized carbons (Fsp3) is 0.579. The molecule has 27 heavy (non-hydrogen) atoms. The van der Waals surface area contributed by atoms with Crippen LogP contribution >= 0.6 is 24.0 Å².